The van der Waals surface area contributed by atoms with E-state index in [1.165, 1.54) is 20.1 Å². The third kappa shape index (κ3) is 4.98. The van der Waals surface area contributed by atoms with Crippen molar-refractivity contribution in [2.75, 3.05) is 19.0 Å². The van der Waals surface area contributed by atoms with Crippen molar-refractivity contribution in [2.45, 2.75) is 20.0 Å². The molecule has 1 amide bonds. The Hall–Kier alpha value is -2.54. The number of carbonyl (C=O) groups is 2. The fourth-order valence-electron chi connectivity index (χ4n) is 2.17. The summed E-state index contributed by atoms with van der Waals surface area (Å²) >= 11 is 3.36. The molecule has 6 nitrogen and oxygen atoms in total. The molecule has 0 aliphatic rings. The quantitative estimate of drug-likeness (QED) is 0.682. The van der Waals surface area contributed by atoms with Crippen molar-refractivity contribution in [1.29, 1.82) is 0 Å². The fraction of sp³-hybridized carbons (Fsp3) is 0.263. The van der Waals surface area contributed by atoms with Gasteiger partial charge in [-0.1, -0.05) is 18.2 Å². The molecule has 0 saturated heterocycles. The third-order valence-corrected chi connectivity index (χ3v) is 4.04. The smallest absolute Gasteiger partial charge is 0.339 e. The SMILES string of the molecule is CCOc1c(Br)cc(C(=O)OC(C)C(=O)Nc2ccccc2)cc1OC. The number of amides is 1. The maximum absolute atomic E-state index is 12.4. The standard InChI is InChI=1S/C19H20BrNO5/c1-4-25-17-15(20)10-13(11-16(17)24-3)19(23)26-12(2)18(22)21-14-8-6-5-7-9-14/h5-12H,4H2,1-3H3,(H,21,22). The molecule has 138 valence electrons. The van der Waals surface area contributed by atoms with E-state index in [0.29, 0.717) is 28.3 Å². The molecule has 0 aliphatic heterocycles. The molecule has 0 aliphatic carbocycles. The van der Waals surface area contributed by atoms with Crippen LogP contribution in [0.5, 0.6) is 11.5 Å². The molecule has 0 spiro atoms. The summed E-state index contributed by atoms with van der Waals surface area (Å²) in [6, 6.07) is 12.0. The maximum atomic E-state index is 12.4. The van der Waals surface area contributed by atoms with Crippen LogP contribution in [-0.4, -0.2) is 31.7 Å². The largest absolute Gasteiger partial charge is 0.493 e. The predicted molar refractivity (Wildman–Crippen MR) is 102 cm³/mol. The second-order valence-electron chi connectivity index (χ2n) is 5.33. The number of methoxy groups -OCH3 is 1. The Labute approximate surface area is 160 Å². The van der Waals surface area contributed by atoms with Crippen LogP contribution in [0.4, 0.5) is 5.69 Å². The van der Waals surface area contributed by atoms with Crippen LogP contribution in [0.1, 0.15) is 24.2 Å². The first-order valence-corrected chi connectivity index (χ1v) is 8.82. The lowest BCUT2D eigenvalue weighted by atomic mass is 10.2. The summed E-state index contributed by atoms with van der Waals surface area (Å²) in [6.07, 6.45) is -0.959. The van der Waals surface area contributed by atoms with Crippen molar-refractivity contribution < 1.29 is 23.8 Å². The van der Waals surface area contributed by atoms with Crippen LogP contribution in [0.15, 0.2) is 46.9 Å². The van der Waals surface area contributed by atoms with Crippen LogP contribution in [0.2, 0.25) is 0 Å². The molecule has 0 bridgehead atoms. The van der Waals surface area contributed by atoms with Crippen LogP contribution < -0.4 is 14.8 Å². The zero-order chi connectivity index (χ0) is 19.1. The second-order valence-corrected chi connectivity index (χ2v) is 6.18. The summed E-state index contributed by atoms with van der Waals surface area (Å²) in [6.45, 7) is 3.81. The number of esters is 1. The molecule has 0 fully saturated rings. The monoisotopic (exact) mass is 421 g/mol. The van der Waals surface area contributed by atoms with E-state index in [0.717, 1.165) is 0 Å². The number of rotatable bonds is 7. The molecular formula is C19H20BrNO5. The molecule has 1 N–H and O–H groups in total. The maximum Gasteiger partial charge on any atom is 0.339 e. The third-order valence-electron chi connectivity index (χ3n) is 3.45. The van der Waals surface area contributed by atoms with E-state index in [1.54, 1.807) is 30.3 Å². The molecule has 0 heterocycles. The number of carbonyl (C=O) groups excluding carboxylic acids is 2. The van der Waals surface area contributed by atoms with E-state index in [2.05, 4.69) is 21.2 Å². The second kappa shape index (κ2) is 9.24. The summed E-state index contributed by atoms with van der Waals surface area (Å²) in [5, 5.41) is 2.69. The minimum Gasteiger partial charge on any atom is -0.493 e. The van der Waals surface area contributed by atoms with Gasteiger partial charge in [-0.2, -0.15) is 0 Å². The summed E-state index contributed by atoms with van der Waals surface area (Å²) in [5.74, 6) is -0.153. The van der Waals surface area contributed by atoms with Gasteiger partial charge < -0.3 is 19.5 Å². The van der Waals surface area contributed by atoms with Gasteiger partial charge in [-0.25, -0.2) is 4.79 Å². The van der Waals surface area contributed by atoms with E-state index in [9.17, 15) is 9.59 Å². The van der Waals surface area contributed by atoms with Gasteiger partial charge in [-0.05, 0) is 54.0 Å². The zero-order valence-electron chi connectivity index (χ0n) is 14.7. The van der Waals surface area contributed by atoms with Crippen LogP contribution in [0, 0.1) is 0 Å². The highest BCUT2D eigenvalue weighted by Crippen LogP contribution is 2.36. The number of halogens is 1. The van der Waals surface area contributed by atoms with Crippen LogP contribution >= 0.6 is 15.9 Å². The Morgan fingerprint density at radius 2 is 1.88 bits per heavy atom. The average Bonchev–Trinajstić information content (AvgIpc) is 2.63. The van der Waals surface area contributed by atoms with E-state index >= 15 is 0 Å². The van der Waals surface area contributed by atoms with E-state index in [1.807, 2.05) is 13.0 Å². The number of anilines is 1. The van der Waals surface area contributed by atoms with E-state index < -0.39 is 18.0 Å². The van der Waals surface area contributed by atoms with Gasteiger partial charge in [-0.3, -0.25) is 4.79 Å². The summed E-state index contributed by atoms with van der Waals surface area (Å²) < 4.78 is 16.6. The van der Waals surface area contributed by atoms with Crippen molar-refractivity contribution in [2.24, 2.45) is 0 Å². The fourth-order valence-corrected chi connectivity index (χ4v) is 2.73. The van der Waals surface area contributed by atoms with Crippen LogP contribution in [0.3, 0.4) is 0 Å². The van der Waals surface area contributed by atoms with Crippen molar-refractivity contribution >= 4 is 33.5 Å². The average molecular weight is 422 g/mol. The molecule has 26 heavy (non-hydrogen) atoms. The Morgan fingerprint density at radius 1 is 1.19 bits per heavy atom. The Morgan fingerprint density at radius 3 is 2.50 bits per heavy atom. The lowest BCUT2D eigenvalue weighted by Gasteiger charge is -2.15. The Bertz CT molecular complexity index is 779. The summed E-state index contributed by atoms with van der Waals surface area (Å²) in [5.41, 5.74) is 0.877. The molecule has 2 aromatic carbocycles. The first kappa shape index (κ1) is 19.8. The molecule has 0 radical (unpaired) electrons. The van der Waals surface area contributed by atoms with Crippen LogP contribution in [0.25, 0.3) is 0 Å². The molecule has 1 unspecified atom stereocenters. The molecule has 2 aromatic rings. The lowest BCUT2D eigenvalue weighted by molar-refractivity contribution is -0.123. The normalized spacial score (nSPS) is 11.4. The van der Waals surface area contributed by atoms with Gasteiger partial charge in [0.15, 0.2) is 17.6 Å². The topological polar surface area (TPSA) is 73.9 Å². The van der Waals surface area contributed by atoms with Crippen molar-refractivity contribution in [3.05, 3.63) is 52.5 Å². The van der Waals surface area contributed by atoms with Gasteiger partial charge in [0, 0.05) is 5.69 Å². The van der Waals surface area contributed by atoms with Crippen LogP contribution in [-0.2, 0) is 9.53 Å². The minimum atomic E-state index is -0.959. The molecule has 0 aromatic heterocycles. The van der Waals surface area contributed by atoms with Crippen molar-refractivity contribution in [3.8, 4) is 11.5 Å². The Balaban J connectivity index is 2.09. The minimum absolute atomic E-state index is 0.247. The van der Waals surface area contributed by atoms with E-state index in [4.69, 9.17) is 14.2 Å². The summed E-state index contributed by atoms with van der Waals surface area (Å²) in [4.78, 5) is 24.5. The molecule has 1 atom stereocenters. The lowest BCUT2D eigenvalue weighted by Crippen LogP contribution is -2.30. The van der Waals surface area contributed by atoms with E-state index in [-0.39, 0.29) is 5.56 Å². The Kier molecular flexibility index (Phi) is 7.03. The number of benzene rings is 2. The highest BCUT2D eigenvalue weighted by molar-refractivity contribution is 9.10. The van der Waals surface area contributed by atoms with Gasteiger partial charge in [0.25, 0.3) is 5.91 Å². The van der Waals surface area contributed by atoms with Crippen molar-refractivity contribution in [1.82, 2.24) is 0 Å². The molecule has 2 rings (SSSR count). The highest BCUT2D eigenvalue weighted by Gasteiger charge is 2.21. The predicted octanol–water partition coefficient (Wildman–Crippen LogP) is 4.04. The van der Waals surface area contributed by atoms with Gasteiger partial charge in [0.1, 0.15) is 0 Å². The number of para-hydroxylation sites is 1. The van der Waals surface area contributed by atoms with Gasteiger partial charge in [0.2, 0.25) is 0 Å². The van der Waals surface area contributed by atoms with Gasteiger partial charge in [0.05, 0.1) is 23.8 Å². The number of hydrogen-bond donors (Lipinski definition) is 1. The molecule has 0 saturated carbocycles. The first-order valence-electron chi connectivity index (χ1n) is 8.03. The first-order chi connectivity index (χ1) is 12.5. The molecular weight excluding hydrogens is 402 g/mol. The van der Waals surface area contributed by atoms with Gasteiger partial charge in [-0.15, -0.1) is 0 Å². The zero-order valence-corrected chi connectivity index (χ0v) is 16.3. The highest BCUT2D eigenvalue weighted by atomic mass is 79.9. The van der Waals surface area contributed by atoms with Crippen molar-refractivity contribution in [3.63, 3.8) is 0 Å². The number of hydrogen-bond acceptors (Lipinski definition) is 5. The number of nitrogens with one attached hydrogen (secondary N) is 1. The summed E-state index contributed by atoms with van der Waals surface area (Å²) in [7, 11) is 1.48. The molecule has 7 heteroatoms. The number of ether oxygens (including phenoxy) is 3. The van der Waals surface area contributed by atoms with Gasteiger partial charge >= 0.3 is 5.97 Å².